The fraction of sp³-hybridized carbons (Fsp3) is 0.333. The van der Waals surface area contributed by atoms with E-state index in [4.69, 9.17) is 11.6 Å². The van der Waals surface area contributed by atoms with Crippen LogP contribution in [0.2, 0.25) is 5.02 Å². The molecule has 1 aliphatic rings. The van der Waals surface area contributed by atoms with Gasteiger partial charge in [0, 0.05) is 24.8 Å². The molecule has 0 saturated carbocycles. The molecule has 3 aromatic heterocycles. The van der Waals surface area contributed by atoms with Gasteiger partial charge in [-0.1, -0.05) is 18.5 Å². The van der Waals surface area contributed by atoms with Crippen LogP contribution in [0, 0.1) is 0 Å². The lowest BCUT2D eigenvalue weighted by Gasteiger charge is -2.37. The van der Waals surface area contributed by atoms with Crippen LogP contribution in [0.3, 0.4) is 0 Å². The average molecular weight is 395 g/mol. The third kappa shape index (κ3) is 3.00. The number of fused-ring (bicyclic) bond motifs is 1. The number of hydrogen-bond acceptors (Lipinski definition) is 7. The zero-order valence-electron chi connectivity index (χ0n) is 13.7. The van der Waals surface area contributed by atoms with Crippen molar-refractivity contribution < 1.29 is 5.11 Å². The summed E-state index contributed by atoms with van der Waals surface area (Å²) >= 11 is 7.55. The number of nitrogens with zero attached hydrogens (tertiary/aromatic N) is 3. The zero-order chi connectivity index (χ0) is 18.4. The zero-order valence-corrected chi connectivity index (χ0v) is 15.2. The quantitative estimate of drug-likeness (QED) is 0.381. The van der Waals surface area contributed by atoms with E-state index in [1.165, 1.54) is 6.07 Å². The molecule has 0 atom stereocenters. The number of hydrogen-bond donors (Lipinski definition) is 4. The van der Waals surface area contributed by atoms with Gasteiger partial charge in [-0.05, 0) is 18.2 Å². The SMILES string of the molecule is CCc1[nH]c2nc(Sc3cc(=O)[nH]c(=O)[nH]3)nc(N3CC(O)C3)c2c1Cl. The summed E-state index contributed by atoms with van der Waals surface area (Å²) in [6, 6.07) is 1.27. The van der Waals surface area contributed by atoms with E-state index in [1.54, 1.807) is 0 Å². The number of aliphatic hydroxyl groups excluding tert-OH is 1. The number of rotatable bonds is 4. The number of nitrogens with one attached hydrogen (secondary N) is 3. The average Bonchev–Trinajstić information content (AvgIpc) is 2.86. The fourth-order valence-electron chi connectivity index (χ4n) is 2.82. The molecule has 0 spiro atoms. The minimum atomic E-state index is -0.594. The summed E-state index contributed by atoms with van der Waals surface area (Å²) in [4.78, 5) is 41.7. The predicted octanol–water partition coefficient (Wildman–Crippen LogP) is 0.882. The highest BCUT2D eigenvalue weighted by Gasteiger charge is 2.29. The van der Waals surface area contributed by atoms with Gasteiger partial charge in [0.1, 0.15) is 11.5 Å². The van der Waals surface area contributed by atoms with Gasteiger partial charge in [-0.25, -0.2) is 14.8 Å². The first-order chi connectivity index (χ1) is 12.4. The first kappa shape index (κ1) is 17.1. The van der Waals surface area contributed by atoms with Gasteiger partial charge in [0.25, 0.3) is 5.56 Å². The molecule has 11 heteroatoms. The highest BCUT2D eigenvalue weighted by molar-refractivity contribution is 7.99. The molecular formula is C15H15ClN6O3S. The molecule has 0 aromatic carbocycles. The number of β-amino-alcohol motifs (C(OH)–C–C–N with tert-alkyl or cyclic N) is 1. The molecule has 136 valence electrons. The maximum absolute atomic E-state index is 11.5. The molecule has 1 aliphatic heterocycles. The topological polar surface area (TPSA) is 131 Å². The van der Waals surface area contributed by atoms with Crippen LogP contribution in [-0.2, 0) is 6.42 Å². The van der Waals surface area contributed by atoms with E-state index in [0.717, 1.165) is 17.5 Å². The monoisotopic (exact) mass is 394 g/mol. The van der Waals surface area contributed by atoms with E-state index in [2.05, 4.69) is 24.9 Å². The second-order valence-electron chi connectivity index (χ2n) is 5.94. The number of halogens is 1. The molecule has 0 bridgehead atoms. The van der Waals surface area contributed by atoms with Crippen molar-refractivity contribution in [2.24, 2.45) is 0 Å². The van der Waals surface area contributed by atoms with E-state index in [0.29, 0.717) is 51.6 Å². The minimum absolute atomic E-state index is 0.334. The molecule has 1 fully saturated rings. The van der Waals surface area contributed by atoms with Crippen LogP contribution in [0.4, 0.5) is 5.82 Å². The molecule has 4 heterocycles. The first-order valence-electron chi connectivity index (χ1n) is 7.97. The Kier molecular flexibility index (Phi) is 4.25. The van der Waals surface area contributed by atoms with Gasteiger partial charge < -0.3 is 20.0 Å². The van der Waals surface area contributed by atoms with Crippen molar-refractivity contribution in [3.63, 3.8) is 0 Å². The molecule has 1 saturated heterocycles. The van der Waals surface area contributed by atoms with Crippen LogP contribution in [0.1, 0.15) is 12.6 Å². The van der Waals surface area contributed by atoms with Gasteiger partial charge in [0.15, 0.2) is 5.16 Å². The van der Waals surface area contributed by atoms with Gasteiger partial charge in [0.2, 0.25) is 0 Å². The van der Waals surface area contributed by atoms with E-state index in [-0.39, 0.29) is 0 Å². The molecule has 4 N–H and O–H groups in total. The van der Waals surface area contributed by atoms with E-state index >= 15 is 0 Å². The van der Waals surface area contributed by atoms with E-state index in [9.17, 15) is 14.7 Å². The number of H-pyrrole nitrogens is 3. The summed E-state index contributed by atoms with van der Waals surface area (Å²) in [6.07, 6.45) is 0.310. The third-order valence-corrected chi connectivity index (χ3v) is 5.30. The number of anilines is 1. The highest BCUT2D eigenvalue weighted by Crippen LogP contribution is 2.37. The molecule has 26 heavy (non-hydrogen) atoms. The number of aliphatic hydroxyl groups is 1. The van der Waals surface area contributed by atoms with Crippen molar-refractivity contribution in [2.45, 2.75) is 29.6 Å². The lowest BCUT2D eigenvalue weighted by atomic mass is 10.1. The Morgan fingerprint density at radius 3 is 2.73 bits per heavy atom. The summed E-state index contributed by atoms with van der Waals surface area (Å²) in [6.45, 7) is 2.90. The standard InChI is InChI=1S/C15H15ClN6O3S/c1-2-7-11(16)10-12(17-7)20-15(21-13(10)22-4-6(23)5-22)26-9-3-8(24)18-14(25)19-9/h3,6,23H,2,4-5H2,1H3,(H,17,20,21)(H2,18,19,24,25). The van der Waals surface area contributed by atoms with Crippen LogP contribution >= 0.6 is 23.4 Å². The summed E-state index contributed by atoms with van der Waals surface area (Å²) in [5.41, 5.74) is 0.334. The first-order valence-corrected chi connectivity index (χ1v) is 9.16. The lowest BCUT2D eigenvalue weighted by molar-refractivity contribution is 0.141. The number of aromatic amines is 3. The third-order valence-electron chi connectivity index (χ3n) is 4.08. The summed E-state index contributed by atoms with van der Waals surface area (Å²) in [7, 11) is 0. The molecule has 9 nitrogen and oxygen atoms in total. The van der Waals surface area contributed by atoms with Gasteiger partial charge in [-0.3, -0.25) is 9.78 Å². The minimum Gasteiger partial charge on any atom is -0.389 e. The Morgan fingerprint density at radius 2 is 2.08 bits per heavy atom. The van der Waals surface area contributed by atoms with Crippen molar-refractivity contribution in [1.82, 2.24) is 24.9 Å². The predicted molar refractivity (Wildman–Crippen MR) is 98.3 cm³/mol. The van der Waals surface area contributed by atoms with E-state index in [1.807, 2.05) is 11.8 Å². The summed E-state index contributed by atoms with van der Waals surface area (Å²) in [5.74, 6) is 0.621. The molecule has 3 aromatic rings. The van der Waals surface area contributed by atoms with Gasteiger partial charge in [-0.15, -0.1) is 0 Å². The highest BCUT2D eigenvalue weighted by atomic mass is 35.5. The van der Waals surface area contributed by atoms with Crippen molar-refractivity contribution in [3.8, 4) is 0 Å². The van der Waals surface area contributed by atoms with Gasteiger partial charge in [-0.2, -0.15) is 0 Å². The molecule has 0 radical (unpaired) electrons. The van der Waals surface area contributed by atoms with Crippen LogP contribution in [0.15, 0.2) is 25.8 Å². The van der Waals surface area contributed by atoms with Crippen molar-refractivity contribution in [2.75, 3.05) is 18.0 Å². The van der Waals surface area contributed by atoms with Crippen molar-refractivity contribution >= 4 is 40.2 Å². The number of aromatic nitrogens is 5. The van der Waals surface area contributed by atoms with Gasteiger partial charge in [0.05, 0.1) is 21.5 Å². The Morgan fingerprint density at radius 1 is 1.31 bits per heavy atom. The molecule has 0 aliphatic carbocycles. The normalized spacial score (nSPS) is 14.8. The second-order valence-corrected chi connectivity index (χ2v) is 7.32. The maximum Gasteiger partial charge on any atom is 0.326 e. The lowest BCUT2D eigenvalue weighted by Crippen LogP contribution is -2.51. The maximum atomic E-state index is 11.5. The molecule has 4 rings (SSSR count). The van der Waals surface area contributed by atoms with Crippen LogP contribution in [0.5, 0.6) is 0 Å². The molecule has 0 amide bonds. The Hall–Kier alpha value is -2.30. The van der Waals surface area contributed by atoms with E-state index < -0.39 is 17.4 Å². The summed E-state index contributed by atoms with van der Waals surface area (Å²) < 4.78 is 0. The van der Waals surface area contributed by atoms with Crippen LogP contribution in [-0.4, -0.2) is 49.2 Å². The Labute approximate surface area is 155 Å². The molecular weight excluding hydrogens is 380 g/mol. The Bertz CT molecular complexity index is 1070. The van der Waals surface area contributed by atoms with Crippen molar-refractivity contribution in [1.29, 1.82) is 0 Å². The number of aryl methyl sites for hydroxylation is 1. The summed E-state index contributed by atoms with van der Waals surface area (Å²) in [5, 5.41) is 11.6. The molecule has 0 unspecified atom stereocenters. The van der Waals surface area contributed by atoms with Gasteiger partial charge >= 0.3 is 5.69 Å². The smallest absolute Gasteiger partial charge is 0.326 e. The second kappa shape index (κ2) is 6.45. The van der Waals surface area contributed by atoms with Crippen molar-refractivity contribution in [3.05, 3.63) is 37.6 Å². The van der Waals surface area contributed by atoms with Crippen LogP contribution < -0.4 is 16.1 Å². The fourth-order valence-corrected chi connectivity index (χ4v) is 3.95. The largest absolute Gasteiger partial charge is 0.389 e. The van der Waals surface area contributed by atoms with Crippen LogP contribution in [0.25, 0.3) is 11.0 Å². The Balaban J connectivity index is 1.82.